The van der Waals surface area contributed by atoms with Crippen LogP contribution in [0.3, 0.4) is 0 Å². The molecular formula is C12H14N2O2. The average molecular weight is 218 g/mol. The number of benzene rings is 1. The summed E-state index contributed by atoms with van der Waals surface area (Å²) in [7, 11) is 1.68. The zero-order valence-corrected chi connectivity index (χ0v) is 9.14. The molecule has 0 bridgehead atoms. The van der Waals surface area contributed by atoms with Gasteiger partial charge in [-0.05, 0) is 6.07 Å². The molecule has 2 aromatic rings. The highest BCUT2D eigenvalue weighted by atomic mass is 16.5. The predicted molar refractivity (Wildman–Crippen MR) is 60.0 cm³/mol. The number of hydrogen-bond donors (Lipinski definition) is 1. The van der Waals surface area contributed by atoms with Gasteiger partial charge in [-0.25, -0.2) is 0 Å². The minimum Gasteiger partial charge on any atom is -0.496 e. The van der Waals surface area contributed by atoms with Crippen molar-refractivity contribution in [1.82, 2.24) is 10.5 Å². The second-order valence-corrected chi connectivity index (χ2v) is 3.39. The maximum absolute atomic E-state index is 5.26. The summed E-state index contributed by atoms with van der Waals surface area (Å²) in [5.41, 5.74) is 1.13. The Hall–Kier alpha value is -1.81. The topological polar surface area (TPSA) is 47.3 Å². The molecule has 1 aromatic carbocycles. The van der Waals surface area contributed by atoms with Crippen molar-refractivity contribution in [2.24, 2.45) is 0 Å². The average Bonchev–Trinajstić information content (AvgIpc) is 2.83. The number of para-hydroxylation sites is 1. The summed E-state index contributed by atoms with van der Waals surface area (Å²) in [6.07, 6.45) is 1.64. The summed E-state index contributed by atoms with van der Waals surface area (Å²) in [6.45, 7) is 1.41. The third-order valence-electron chi connectivity index (χ3n) is 2.30. The van der Waals surface area contributed by atoms with E-state index in [1.54, 1.807) is 13.3 Å². The molecule has 0 saturated heterocycles. The molecule has 0 spiro atoms. The first-order valence-corrected chi connectivity index (χ1v) is 5.12. The fraction of sp³-hybridized carbons (Fsp3) is 0.250. The molecule has 4 heteroatoms. The number of methoxy groups -OCH3 is 1. The van der Waals surface area contributed by atoms with E-state index in [9.17, 15) is 0 Å². The highest BCUT2D eigenvalue weighted by Crippen LogP contribution is 2.16. The van der Waals surface area contributed by atoms with E-state index in [2.05, 4.69) is 10.5 Å². The van der Waals surface area contributed by atoms with Gasteiger partial charge in [0.25, 0.3) is 0 Å². The van der Waals surface area contributed by atoms with Crippen LogP contribution in [0.25, 0.3) is 0 Å². The van der Waals surface area contributed by atoms with Crippen LogP contribution in [0.5, 0.6) is 5.75 Å². The second-order valence-electron chi connectivity index (χ2n) is 3.39. The van der Waals surface area contributed by atoms with Gasteiger partial charge in [-0.3, -0.25) is 0 Å². The molecule has 0 amide bonds. The predicted octanol–water partition coefficient (Wildman–Crippen LogP) is 1.97. The lowest BCUT2D eigenvalue weighted by molar-refractivity contribution is 0.371. The van der Waals surface area contributed by atoms with Gasteiger partial charge in [0, 0.05) is 18.2 Å². The quantitative estimate of drug-likeness (QED) is 0.833. The highest BCUT2D eigenvalue weighted by molar-refractivity contribution is 5.32. The van der Waals surface area contributed by atoms with Gasteiger partial charge in [0.2, 0.25) is 0 Å². The number of ether oxygens (including phenoxy) is 1. The van der Waals surface area contributed by atoms with Crippen molar-refractivity contribution in [2.45, 2.75) is 13.1 Å². The second kappa shape index (κ2) is 5.32. The van der Waals surface area contributed by atoms with Crippen LogP contribution in [0.4, 0.5) is 0 Å². The van der Waals surface area contributed by atoms with Gasteiger partial charge in [0.1, 0.15) is 11.5 Å². The van der Waals surface area contributed by atoms with Crippen molar-refractivity contribution in [1.29, 1.82) is 0 Å². The SMILES string of the molecule is COc1ccccc1CNCc1ccno1. The minimum absolute atomic E-state index is 0.665. The number of rotatable bonds is 5. The fourth-order valence-corrected chi connectivity index (χ4v) is 1.50. The van der Waals surface area contributed by atoms with Crippen molar-refractivity contribution >= 4 is 0 Å². The van der Waals surface area contributed by atoms with Crippen LogP contribution in [0, 0.1) is 0 Å². The number of nitrogens with one attached hydrogen (secondary N) is 1. The molecule has 16 heavy (non-hydrogen) atoms. The van der Waals surface area contributed by atoms with E-state index >= 15 is 0 Å². The number of aromatic nitrogens is 1. The lowest BCUT2D eigenvalue weighted by Crippen LogP contribution is -2.12. The maximum atomic E-state index is 5.26. The van der Waals surface area contributed by atoms with Crippen molar-refractivity contribution in [2.75, 3.05) is 7.11 Å². The van der Waals surface area contributed by atoms with E-state index in [4.69, 9.17) is 9.26 Å². The lowest BCUT2D eigenvalue weighted by Gasteiger charge is -2.08. The van der Waals surface area contributed by atoms with Gasteiger partial charge in [0.15, 0.2) is 0 Å². The summed E-state index contributed by atoms with van der Waals surface area (Å²) in [4.78, 5) is 0. The largest absolute Gasteiger partial charge is 0.496 e. The normalized spacial score (nSPS) is 10.3. The third kappa shape index (κ3) is 2.61. The number of hydrogen-bond acceptors (Lipinski definition) is 4. The van der Waals surface area contributed by atoms with E-state index in [-0.39, 0.29) is 0 Å². The summed E-state index contributed by atoms with van der Waals surface area (Å²) in [5, 5.41) is 6.91. The van der Waals surface area contributed by atoms with Crippen LogP contribution in [0.15, 0.2) is 41.1 Å². The summed E-state index contributed by atoms with van der Waals surface area (Å²) in [6, 6.07) is 9.78. The monoisotopic (exact) mass is 218 g/mol. The molecule has 0 aliphatic rings. The molecule has 84 valence electrons. The molecule has 1 N–H and O–H groups in total. The first-order valence-electron chi connectivity index (χ1n) is 5.12. The van der Waals surface area contributed by atoms with Gasteiger partial charge in [-0.15, -0.1) is 0 Å². The molecule has 0 atom stereocenters. The smallest absolute Gasteiger partial charge is 0.150 e. The molecule has 2 rings (SSSR count). The molecule has 0 fully saturated rings. The van der Waals surface area contributed by atoms with Gasteiger partial charge < -0.3 is 14.6 Å². The van der Waals surface area contributed by atoms with Crippen molar-refractivity contribution in [3.8, 4) is 5.75 Å². The minimum atomic E-state index is 0.665. The first-order chi connectivity index (χ1) is 7.90. The van der Waals surface area contributed by atoms with Crippen LogP contribution in [-0.4, -0.2) is 12.3 Å². The summed E-state index contributed by atoms with van der Waals surface area (Å²) >= 11 is 0. The molecule has 0 radical (unpaired) electrons. The van der Waals surface area contributed by atoms with Crippen LogP contribution < -0.4 is 10.1 Å². The van der Waals surface area contributed by atoms with Gasteiger partial charge in [-0.2, -0.15) is 0 Å². The standard InChI is InChI=1S/C12H14N2O2/c1-15-12-5-3-2-4-10(12)8-13-9-11-6-7-14-16-11/h2-7,13H,8-9H2,1H3. The Bertz CT molecular complexity index is 426. The van der Waals surface area contributed by atoms with E-state index in [1.165, 1.54) is 0 Å². The zero-order chi connectivity index (χ0) is 11.2. The van der Waals surface area contributed by atoms with E-state index in [0.717, 1.165) is 23.6 Å². The van der Waals surface area contributed by atoms with Crippen molar-refractivity contribution in [3.63, 3.8) is 0 Å². The lowest BCUT2D eigenvalue weighted by atomic mass is 10.2. The van der Waals surface area contributed by atoms with E-state index in [0.29, 0.717) is 6.54 Å². The molecular weight excluding hydrogens is 204 g/mol. The van der Waals surface area contributed by atoms with Crippen molar-refractivity contribution < 1.29 is 9.26 Å². The molecule has 0 aliphatic carbocycles. The maximum Gasteiger partial charge on any atom is 0.150 e. The molecule has 4 nitrogen and oxygen atoms in total. The summed E-state index contributed by atoms with van der Waals surface area (Å²) in [5.74, 6) is 1.72. The van der Waals surface area contributed by atoms with Gasteiger partial charge in [-0.1, -0.05) is 23.4 Å². The highest BCUT2D eigenvalue weighted by Gasteiger charge is 2.01. The Balaban J connectivity index is 1.89. The van der Waals surface area contributed by atoms with E-state index in [1.807, 2.05) is 30.3 Å². The Morgan fingerprint density at radius 3 is 2.88 bits per heavy atom. The Morgan fingerprint density at radius 2 is 2.12 bits per heavy atom. The van der Waals surface area contributed by atoms with Crippen LogP contribution in [0.2, 0.25) is 0 Å². The zero-order valence-electron chi connectivity index (χ0n) is 9.14. The Morgan fingerprint density at radius 1 is 1.25 bits per heavy atom. The first kappa shape index (κ1) is 10.7. The van der Waals surface area contributed by atoms with Gasteiger partial charge >= 0.3 is 0 Å². The van der Waals surface area contributed by atoms with Crippen LogP contribution in [0.1, 0.15) is 11.3 Å². The summed E-state index contributed by atoms with van der Waals surface area (Å²) < 4.78 is 10.2. The molecule has 1 aromatic heterocycles. The molecule has 0 saturated carbocycles. The van der Waals surface area contributed by atoms with Crippen molar-refractivity contribution in [3.05, 3.63) is 47.9 Å². The van der Waals surface area contributed by atoms with Crippen LogP contribution >= 0.6 is 0 Å². The molecule has 0 aliphatic heterocycles. The molecule has 0 unspecified atom stereocenters. The number of nitrogens with zero attached hydrogens (tertiary/aromatic N) is 1. The van der Waals surface area contributed by atoms with E-state index < -0.39 is 0 Å². The Kier molecular flexibility index (Phi) is 3.56. The van der Waals surface area contributed by atoms with Crippen LogP contribution in [-0.2, 0) is 13.1 Å². The third-order valence-corrected chi connectivity index (χ3v) is 2.30. The van der Waals surface area contributed by atoms with Gasteiger partial charge in [0.05, 0.1) is 19.9 Å². The molecule has 1 heterocycles. The Labute approximate surface area is 94.2 Å². The fourth-order valence-electron chi connectivity index (χ4n) is 1.50.